The summed E-state index contributed by atoms with van der Waals surface area (Å²) in [4.78, 5) is 27.3. The van der Waals surface area contributed by atoms with Crippen molar-refractivity contribution in [3.8, 4) is 11.1 Å². The minimum absolute atomic E-state index is 0.218. The van der Waals surface area contributed by atoms with E-state index in [0.29, 0.717) is 6.54 Å². The van der Waals surface area contributed by atoms with E-state index < -0.39 is 11.8 Å². The van der Waals surface area contributed by atoms with Gasteiger partial charge in [-0.15, -0.1) is 0 Å². The zero-order valence-corrected chi connectivity index (χ0v) is 17.1. The fraction of sp³-hybridized carbons (Fsp3) is 0.250. The van der Waals surface area contributed by atoms with Crippen molar-refractivity contribution in [3.63, 3.8) is 0 Å². The van der Waals surface area contributed by atoms with Crippen molar-refractivity contribution < 1.29 is 14.7 Å². The summed E-state index contributed by atoms with van der Waals surface area (Å²) in [7, 11) is 1.63. The van der Waals surface area contributed by atoms with Gasteiger partial charge in [0.1, 0.15) is 0 Å². The summed E-state index contributed by atoms with van der Waals surface area (Å²) in [6.45, 7) is 2.47. The number of ketones is 1. The molecule has 30 heavy (non-hydrogen) atoms. The lowest BCUT2D eigenvalue weighted by Gasteiger charge is -2.48. The highest BCUT2D eigenvalue weighted by molar-refractivity contribution is 5.90. The SMILES string of the molecule is CNC1(C(C)=O)CN(c2ccc(-c3ccc4ccccc4c3)cc2)CCN1C(=O)O. The summed E-state index contributed by atoms with van der Waals surface area (Å²) in [5, 5.41) is 14.9. The van der Waals surface area contributed by atoms with Crippen LogP contribution in [0.5, 0.6) is 0 Å². The lowest BCUT2D eigenvalue weighted by molar-refractivity contribution is -0.130. The van der Waals surface area contributed by atoms with Gasteiger partial charge in [0.2, 0.25) is 0 Å². The number of carboxylic acid groups (broad SMARTS) is 1. The van der Waals surface area contributed by atoms with Crippen molar-refractivity contribution in [2.75, 3.05) is 31.6 Å². The van der Waals surface area contributed by atoms with Crippen molar-refractivity contribution >= 4 is 28.3 Å². The number of carbonyl (C=O) groups excluding carboxylic acids is 1. The van der Waals surface area contributed by atoms with Crippen molar-refractivity contribution in [2.45, 2.75) is 12.6 Å². The van der Waals surface area contributed by atoms with Crippen LogP contribution in [0.4, 0.5) is 10.5 Å². The van der Waals surface area contributed by atoms with E-state index in [2.05, 4.69) is 52.7 Å². The molecule has 1 heterocycles. The van der Waals surface area contributed by atoms with Crippen molar-refractivity contribution in [1.82, 2.24) is 10.2 Å². The van der Waals surface area contributed by atoms with E-state index in [1.165, 1.54) is 22.6 Å². The van der Waals surface area contributed by atoms with Gasteiger partial charge in [-0.25, -0.2) is 4.79 Å². The first-order chi connectivity index (χ1) is 14.4. The molecule has 1 aliphatic heterocycles. The maximum absolute atomic E-state index is 12.4. The van der Waals surface area contributed by atoms with Crippen LogP contribution in [0.2, 0.25) is 0 Å². The number of Topliss-reactive ketones (excluding diaryl/α,β-unsaturated/α-hetero) is 1. The second-order valence-corrected chi connectivity index (χ2v) is 7.63. The molecule has 1 amide bonds. The number of piperazine rings is 1. The summed E-state index contributed by atoms with van der Waals surface area (Å²) < 4.78 is 0. The average molecular weight is 403 g/mol. The predicted octanol–water partition coefficient (Wildman–Crippen LogP) is 3.81. The Labute approximate surface area is 175 Å². The minimum atomic E-state index is -1.25. The van der Waals surface area contributed by atoms with Crippen LogP contribution >= 0.6 is 0 Å². The number of benzene rings is 3. The minimum Gasteiger partial charge on any atom is -0.465 e. The quantitative estimate of drug-likeness (QED) is 0.693. The number of hydrogen-bond acceptors (Lipinski definition) is 4. The standard InChI is InChI=1S/C24H25N3O3/c1-17(28)24(25-2)16-26(13-14-27(24)23(29)30)22-11-9-19(10-12-22)21-8-7-18-5-3-4-6-20(18)15-21/h3-12,15,25H,13-14,16H2,1-2H3,(H,29,30). The Kier molecular flexibility index (Phi) is 5.18. The van der Waals surface area contributed by atoms with Gasteiger partial charge in [-0.3, -0.25) is 15.0 Å². The van der Waals surface area contributed by atoms with Gasteiger partial charge in [-0.1, -0.05) is 48.5 Å². The zero-order valence-electron chi connectivity index (χ0n) is 17.1. The fourth-order valence-corrected chi connectivity index (χ4v) is 4.26. The van der Waals surface area contributed by atoms with Crippen LogP contribution in [0.15, 0.2) is 66.7 Å². The average Bonchev–Trinajstić information content (AvgIpc) is 2.78. The number of nitrogens with zero attached hydrogens (tertiary/aromatic N) is 2. The molecule has 0 radical (unpaired) electrons. The first kappa shape index (κ1) is 19.9. The molecule has 0 bridgehead atoms. The molecule has 1 fully saturated rings. The van der Waals surface area contributed by atoms with E-state index >= 15 is 0 Å². The second-order valence-electron chi connectivity index (χ2n) is 7.63. The van der Waals surface area contributed by atoms with Crippen LogP contribution in [0.25, 0.3) is 21.9 Å². The van der Waals surface area contributed by atoms with E-state index in [-0.39, 0.29) is 18.9 Å². The number of likely N-dealkylation sites (N-methyl/N-ethyl adjacent to an activating group) is 1. The molecule has 1 aliphatic rings. The predicted molar refractivity (Wildman–Crippen MR) is 119 cm³/mol. The van der Waals surface area contributed by atoms with E-state index in [1.807, 2.05) is 24.3 Å². The molecule has 1 atom stereocenters. The molecule has 2 N–H and O–H groups in total. The highest BCUT2D eigenvalue weighted by Gasteiger charge is 2.47. The Morgan fingerprint density at radius 2 is 1.60 bits per heavy atom. The van der Waals surface area contributed by atoms with Gasteiger partial charge in [0.25, 0.3) is 0 Å². The number of hydrogen-bond donors (Lipinski definition) is 2. The molecular weight excluding hydrogens is 378 g/mol. The van der Waals surface area contributed by atoms with E-state index in [1.54, 1.807) is 7.05 Å². The van der Waals surface area contributed by atoms with Gasteiger partial charge in [0.05, 0.1) is 6.54 Å². The van der Waals surface area contributed by atoms with Crippen LogP contribution in [0.1, 0.15) is 6.92 Å². The molecule has 154 valence electrons. The van der Waals surface area contributed by atoms with Crippen LogP contribution < -0.4 is 10.2 Å². The van der Waals surface area contributed by atoms with Crippen molar-refractivity contribution in [1.29, 1.82) is 0 Å². The van der Waals surface area contributed by atoms with Gasteiger partial charge >= 0.3 is 6.09 Å². The molecule has 0 saturated carbocycles. The first-order valence-corrected chi connectivity index (χ1v) is 9.99. The molecule has 4 rings (SSSR count). The van der Waals surface area contributed by atoms with Crippen LogP contribution in [-0.2, 0) is 4.79 Å². The molecule has 3 aromatic carbocycles. The third kappa shape index (κ3) is 3.39. The van der Waals surface area contributed by atoms with Gasteiger partial charge in [0.15, 0.2) is 11.4 Å². The van der Waals surface area contributed by atoms with E-state index in [9.17, 15) is 14.7 Å². The number of amides is 1. The van der Waals surface area contributed by atoms with Crippen molar-refractivity contribution in [3.05, 3.63) is 66.7 Å². The highest BCUT2D eigenvalue weighted by atomic mass is 16.4. The molecular formula is C24H25N3O3. The normalized spacial score (nSPS) is 19.1. The van der Waals surface area contributed by atoms with Crippen LogP contribution in [-0.4, -0.2) is 54.2 Å². The van der Waals surface area contributed by atoms with E-state index in [0.717, 1.165) is 16.8 Å². The molecule has 1 unspecified atom stereocenters. The van der Waals surface area contributed by atoms with Crippen molar-refractivity contribution in [2.24, 2.45) is 0 Å². The third-order valence-electron chi connectivity index (χ3n) is 6.02. The summed E-state index contributed by atoms with van der Waals surface area (Å²) >= 11 is 0. The maximum atomic E-state index is 12.4. The Balaban J connectivity index is 1.60. The van der Waals surface area contributed by atoms with Gasteiger partial charge in [-0.2, -0.15) is 0 Å². The Morgan fingerprint density at radius 1 is 0.933 bits per heavy atom. The highest BCUT2D eigenvalue weighted by Crippen LogP contribution is 2.29. The lowest BCUT2D eigenvalue weighted by Crippen LogP contribution is -2.73. The number of carbonyl (C=O) groups is 2. The molecule has 0 aromatic heterocycles. The van der Waals surface area contributed by atoms with E-state index in [4.69, 9.17) is 0 Å². The first-order valence-electron chi connectivity index (χ1n) is 9.99. The topological polar surface area (TPSA) is 72.9 Å². The Bertz CT molecular complexity index is 1100. The molecule has 0 aliphatic carbocycles. The van der Waals surface area contributed by atoms with Crippen LogP contribution in [0, 0.1) is 0 Å². The maximum Gasteiger partial charge on any atom is 0.409 e. The number of fused-ring (bicyclic) bond motifs is 1. The monoisotopic (exact) mass is 403 g/mol. The summed E-state index contributed by atoms with van der Waals surface area (Å²) in [6, 6.07) is 22.9. The van der Waals surface area contributed by atoms with Crippen LogP contribution in [0.3, 0.4) is 0 Å². The van der Waals surface area contributed by atoms with Gasteiger partial charge in [-0.05, 0) is 54.1 Å². The number of rotatable bonds is 4. The Morgan fingerprint density at radius 3 is 2.23 bits per heavy atom. The molecule has 6 nitrogen and oxygen atoms in total. The summed E-state index contributed by atoms with van der Waals surface area (Å²) in [5.74, 6) is -0.218. The summed E-state index contributed by atoms with van der Waals surface area (Å²) in [6.07, 6.45) is -1.09. The molecule has 0 spiro atoms. The third-order valence-corrected chi connectivity index (χ3v) is 6.02. The largest absolute Gasteiger partial charge is 0.465 e. The lowest BCUT2D eigenvalue weighted by atomic mass is 9.98. The van der Waals surface area contributed by atoms with Gasteiger partial charge < -0.3 is 10.0 Å². The number of nitrogens with one attached hydrogen (secondary N) is 1. The zero-order chi connectivity index (χ0) is 21.3. The number of anilines is 1. The Hall–Kier alpha value is -3.38. The smallest absolute Gasteiger partial charge is 0.409 e. The molecule has 3 aromatic rings. The molecule has 6 heteroatoms. The fourth-order valence-electron chi connectivity index (χ4n) is 4.26. The molecule has 1 saturated heterocycles. The second kappa shape index (κ2) is 7.80. The van der Waals surface area contributed by atoms with Gasteiger partial charge in [0, 0.05) is 18.8 Å². The summed E-state index contributed by atoms with van der Waals surface area (Å²) in [5.41, 5.74) is 1.97.